The summed E-state index contributed by atoms with van der Waals surface area (Å²) in [6, 6.07) is 10.6. The van der Waals surface area contributed by atoms with Gasteiger partial charge in [0, 0.05) is 0 Å². The Balaban J connectivity index is 1.60. The summed E-state index contributed by atoms with van der Waals surface area (Å²) >= 11 is 0.430. The first-order valence-corrected chi connectivity index (χ1v) is 9.20. The number of hydrogen-bond donors (Lipinski definition) is 0. The first kappa shape index (κ1) is 13.9. The van der Waals surface area contributed by atoms with E-state index in [1.165, 1.54) is 4.46 Å². The molecule has 0 aromatic heterocycles. The van der Waals surface area contributed by atoms with Crippen LogP contribution in [0.2, 0.25) is 5.32 Å². The summed E-state index contributed by atoms with van der Waals surface area (Å²) in [5, 5.41) is 1.05. The van der Waals surface area contributed by atoms with Crippen molar-refractivity contribution in [1.29, 1.82) is 0 Å². The van der Waals surface area contributed by atoms with E-state index >= 15 is 0 Å². The van der Waals surface area contributed by atoms with Gasteiger partial charge in [0.25, 0.3) is 0 Å². The Labute approximate surface area is 126 Å². The van der Waals surface area contributed by atoms with Crippen LogP contribution >= 0.6 is 0 Å². The van der Waals surface area contributed by atoms with Gasteiger partial charge >= 0.3 is 126 Å². The van der Waals surface area contributed by atoms with Crippen molar-refractivity contribution in [1.82, 2.24) is 0 Å². The van der Waals surface area contributed by atoms with E-state index in [1.807, 2.05) is 6.07 Å². The standard InChI is InChI=1S/C17H20O2Se/c1-17(2)9-15(18)14-8-12(19-16(14)10-17)11-20-13-6-4-3-5-7-13/h3-7,12H,8-11H2,1-2H3. The summed E-state index contributed by atoms with van der Waals surface area (Å²) < 4.78 is 7.47. The van der Waals surface area contributed by atoms with Crippen LogP contribution in [0.25, 0.3) is 0 Å². The van der Waals surface area contributed by atoms with Gasteiger partial charge in [0.1, 0.15) is 0 Å². The van der Waals surface area contributed by atoms with Gasteiger partial charge in [0.15, 0.2) is 0 Å². The predicted octanol–water partition coefficient (Wildman–Crippen LogP) is 2.87. The van der Waals surface area contributed by atoms with E-state index in [0.717, 1.165) is 29.5 Å². The second-order valence-corrected chi connectivity index (χ2v) is 8.70. The van der Waals surface area contributed by atoms with Crippen LogP contribution in [0.15, 0.2) is 41.7 Å². The minimum absolute atomic E-state index is 0.0649. The molecule has 1 heterocycles. The van der Waals surface area contributed by atoms with Crippen LogP contribution in [0, 0.1) is 5.41 Å². The Bertz CT molecular complexity index is 545. The zero-order valence-electron chi connectivity index (χ0n) is 12.0. The molecule has 0 saturated heterocycles. The van der Waals surface area contributed by atoms with Gasteiger partial charge in [0.2, 0.25) is 0 Å². The zero-order chi connectivity index (χ0) is 14.2. The Kier molecular flexibility index (Phi) is 3.74. The van der Waals surface area contributed by atoms with Crippen molar-refractivity contribution in [3.05, 3.63) is 41.7 Å². The molecule has 3 rings (SSSR count). The van der Waals surface area contributed by atoms with Gasteiger partial charge in [-0.2, -0.15) is 0 Å². The van der Waals surface area contributed by atoms with E-state index in [2.05, 4.69) is 38.1 Å². The summed E-state index contributed by atoms with van der Waals surface area (Å²) in [4.78, 5) is 12.2. The molecule has 2 aliphatic rings. The summed E-state index contributed by atoms with van der Waals surface area (Å²) in [6.45, 7) is 4.30. The second kappa shape index (κ2) is 5.38. The summed E-state index contributed by atoms with van der Waals surface area (Å²) in [6.07, 6.45) is 2.64. The van der Waals surface area contributed by atoms with Crippen LogP contribution in [-0.4, -0.2) is 26.8 Å². The van der Waals surface area contributed by atoms with Crippen molar-refractivity contribution in [2.45, 2.75) is 44.5 Å². The SMILES string of the molecule is CC1(C)CC(=O)C2=C(C1)OC(C[Se]c1ccccc1)C2. The van der Waals surface area contributed by atoms with E-state index in [0.29, 0.717) is 27.2 Å². The molecule has 1 aliphatic heterocycles. The molecular formula is C17H20O2Se. The van der Waals surface area contributed by atoms with Gasteiger partial charge in [-0.05, 0) is 0 Å². The summed E-state index contributed by atoms with van der Waals surface area (Å²) in [7, 11) is 0. The van der Waals surface area contributed by atoms with Crippen molar-refractivity contribution in [3.8, 4) is 0 Å². The van der Waals surface area contributed by atoms with Crippen LogP contribution in [0.5, 0.6) is 0 Å². The van der Waals surface area contributed by atoms with Crippen LogP contribution in [0.1, 0.15) is 33.1 Å². The third-order valence-electron chi connectivity index (χ3n) is 3.87. The number of carbonyl (C=O) groups is 1. The Morgan fingerprint density at radius 1 is 1.25 bits per heavy atom. The molecule has 0 fully saturated rings. The van der Waals surface area contributed by atoms with Gasteiger partial charge in [-0.3, -0.25) is 0 Å². The molecule has 0 radical (unpaired) electrons. The number of benzene rings is 1. The maximum absolute atomic E-state index is 12.2. The zero-order valence-corrected chi connectivity index (χ0v) is 13.7. The summed E-state index contributed by atoms with van der Waals surface area (Å²) in [5.41, 5.74) is 1.05. The third-order valence-corrected chi connectivity index (χ3v) is 6.27. The molecule has 0 spiro atoms. The molecule has 2 nitrogen and oxygen atoms in total. The van der Waals surface area contributed by atoms with Crippen molar-refractivity contribution < 1.29 is 9.53 Å². The molecular weight excluding hydrogens is 315 g/mol. The van der Waals surface area contributed by atoms with E-state index in [9.17, 15) is 4.79 Å². The molecule has 0 saturated carbocycles. The van der Waals surface area contributed by atoms with Crippen LogP contribution in [0.4, 0.5) is 0 Å². The quantitative estimate of drug-likeness (QED) is 0.794. The maximum atomic E-state index is 12.2. The van der Waals surface area contributed by atoms with Crippen LogP contribution in [0.3, 0.4) is 0 Å². The Morgan fingerprint density at radius 2 is 2.00 bits per heavy atom. The fraction of sp³-hybridized carbons (Fsp3) is 0.471. The third kappa shape index (κ3) is 2.99. The molecule has 1 atom stereocenters. The Hall–Kier alpha value is -1.05. The predicted molar refractivity (Wildman–Crippen MR) is 81.2 cm³/mol. The summed E-state index contributed by atoms with van der Waals surface area (Å²) in [5.74, 6) is 1.30. The Morgan fingerprint density at radius 3 is 2.75 bits per heavy atom. The van der Waals surface area contributed by atoms with Crippen molar-refractivity contribution >= 4 is 25.2 Å². The second-order valence-electron chi connectivity index (χ2n) is 6.41. The first-order valence-electron chi connectivity index (χ1n) is 7.13. The van der Waals surface area contributed by atoms with Gasteiger partial charge in [-0.15, -0.1) is 0 Å². The van der Waals surface area contributed by atoms with Crippen molar-refractivity contribution in [2.75, 3.05) is 0 Å². The number of ether oxygens (including phenoxy) is 1. The topological polar surface area (TPSA) is 26.3 Å². The molecule has 0 amide bonds. The normalized spacial score (nSPS) is 24.5. The van der Waals surface area contributed by atoms with Gasteiger partial charge in [0.05, 0.1) is 0 Å². The molecule has 3 heteroatoms. The fourth-order valence-electron chi connectivity index (χ4n) is 2.91. The van der Waals surface area contributed by atoms with E-state index < -0.39 is 0 Å². The number of carbonyl (C=O) groups excluding carboxylic acids is 1. The molecule has 1 unspecified atom stereocenters. The van der Waals surface area contributed by atoms with E-state index in [-0.39, 0.29) is 11.5 Å². The first-order chi connectivity index (χ1) is 9.53. The number of hydrogen-bond acceptors (Lipinski definition) is 2. The minimum atomic E-state index is 0.0649. The number of ketones is 1. The van der Waals surface area contributed by atoms with Crippen molar-refractivity contribution in [2.24, 2.45) is 5.41 Å². The average Bonchev–Trinajstić information content (AvgIpc) is 2.79. The van der Waals surface area contributed by atoms with E-state index in [4.69, 9.17) is 4.74 Å². The molecule has 0 N–H and O–H groups in total. The molecule has 1 aromatic carbocycles. The number of allylic oxidation sites excluding steroid dienone is 1. The van der Waals surface area contributed by atoms with Crippen LogP contribution in [-0.2, 0) is 9.53 Å². The van der Waals surface area contributed by atoms with Gasteiger partial charge < -0.3 is 0 Å². The van der Waals surface area contributed by atoms with Gasteiger partial charge in [-0.25, -0.2) is 0 Å². The number of rotatable bonds is 3. The van der Waals surface area contributed by atoms with Crippen molar-refractivity contribution in [3.63, 3.8) is 0 Å². The molecule has 106 valence electrons. The van der Waals surface area contributed by atoms with E-state index in [1.54, 1.807) is 0 Å². The molecule has 1 aliphatic carbocycles. The number of Topliss-reactive ketones (excluding diaryl/α,β-unsaturated/α-hetero) is 1. The van der Waals surface area contributed by atoms with Crippen LogP contribution < -0.4 is 4.46 Å². The fourth-order valence-corrected chi connectivity index (χ4v) is 4.83. The molecule has 20 heavy (non-hydrogen) atoms. The monoisotopic (exact) mass is 336 g/mol. The van der Waals surface area contributed by atoms with Gasteiger partial charge in [-0.1, -0.05) is 0 Å². The molecule has 1 aromatic rings. The average molecular weight is 335 g/mol. The molecule has 0 bridgehead atoms.